The van der Waals surface area contributed by atoms with E-state index in [1.165, 1.54) is 13.8 Å². The van der Waals surface area contributed by atoms with Crippen LogP contribution in [-0.2, 0) is 38.2 Å². The van der Waals surface area contributed by atoms with Crippen molar-refractivity contribution < 1.29 is 53.5 Å². The predicted molar refractivity (Wildman–Crippen MR) is 168 cm³/mol. The van der Waals surface area contributed by atoms with Crippen molar-refractivity contribution in [2.45, 2.75) is 108 Å². The number of halogens is 1. The number of carbonyl (C=O) groups excluding carboxylic acids is 5. The minimum atomic E-state index is -1.65. The first-order valence-electron chi connectivity index (χ1n) is 14.9. The zero-order valence-corrected chi connectivity index (χ0v) is 27.9. The fourth-order valence-electron chi connectivity index (χ4n) is 4.84. The Morgan fingerprint density at radius 2 is 1.77 bits per heavy atom. The lowest BCUT2D eigenvalue weighted by molar-refractivity contribution is -0.268. The summed E-state index contributed by atoms with van der Waals surface area (Å²) in [6.07, 6.45) is -6.69. The van der Waals surface area contributed by atoms with E-state index in [-0.39, 0.29) is 57.1 Å². The first-order valence-corrected chi connectivity index (χ1v) is 14.9. The van der Waals surface area contributed by atoms with Crippen LogP contribution in [0, 0.1) is 5.41 Å². The number of aliphatic hydroxyl groups excluding tert-OH is 3. The van der Waals surface area contributed by atoms with Crippen molar-refractivity contribution in [2.75, 3.05) is 26.8 Å². The highest BCUT2D eigenvalue weighted by molar-refractivity contribution is 5.90. The van der Waals surface area contributed by atoms with Gasteiger partial charge in [0.15, 0.2) is 12.2 Å². The molecule has 0 aromatic heterocycles. The Morgan fingerprint density at radius 3 is 2.28 bits per heavy atom. The van der Waals surface area contributed by atoms with Crippen LogP contribution in [0.5, 0.6) is 0 Å². The van der Waals surface area contributed by atoms with Crippen LogP contribution in [0.25, 0.3) is 0 Å². The number of hydrogen-bond donors (Lipinski definition) is 10. The number of nitrogens with one attached hydrogen (secondary N) is 4. The molecule has 19 nitrogen and oxygen atoms in total. The fraction of sp³-hybridized carbons (Fsp3) is 0.778. The van der Waals surface area contributed by atoms with E-state index < -0.39 is 91.1 Å². The minimum absolute atomic E-state index is 0. The number of primary amides is 1. The zero-order chi connectivity index (χ0) is 35.1. The highest BCUT2D eigenvalue weighted by Gasteiger charge is 2.46. The van der Waals surface area contributed by atoms with E-state index in [4.69, 9.17) is 36.8 Å². The molecule has 1 saturated heterocycles. The molecular weight excluding hydrogens is 648 g/mol. The van der Waals surface area contributed by atoms with Gasteiger partial charge in [0, 0.05) is 26.4 Å². The van der Waals surface area contributed by atoms with E-state index in [2.05, 4.69) is 16.0 Å². The molecule has 0 radical (unpaired) electrons. The normalized spacial score (nSPS) is 23.1. The molecule has 0 aliphatic carbocycles. The number of aliphatic hydroxyl groups is 3. The lowest BCUT2D eigenvalue weighted by Gasteiger charge is -2.44. The average molecular weight is 699 g/mol. The van der Waals surface area contributed by atoms with Gasteiger partial charge in [0.1, 0.15) is 36.4 Å². The van der Waals surface area contributed by atoms with Crippen molar-refractivity contribution in [3.8, 4) is 0 Å². The van der Waals surface area contributed by atoms with Crippen molar-refractivity contribution in [2.24, 2.45) is 17.2 Å². The monoisotopic (exact) mass is 698 g/mol. The Morgan fingerprint density at radius 1 is 1.13 bits per heavy atom. The van der Waals surface area contributed by atoms with Gasteiger partial charge in [-0.2, -0.15) is 0 Å². The summed E-state index contributed by atoms with van der Waals surface area (Å²) >= 11 is 0. The summed E-state index contributed by atoms with van der Waals surface area (Å²) < 4.78 is 16.2. The van der Waals surface area contributed by atoms with Crippen molar-refractivity contribution in [3.63, 3.8) is 0 Å². The molecule has 9 atom stereocenters. The predicted octanol–water partition coefficient (Wildman–Crippen LogP) is -4.12. The lowest BCUT2D eigenvalue weighted by atomic mass is 9.96. The second-order valence-electron chi connectivity index (χ2n) is 11.0. The zero-order valence-electron chi connectivity index (χ0n) is 27.0. The van der Waals surface area contributed by atoms with Crippen LogP contribution >= 0.6 is 12.4 Å². The molecule has 2 unspecified atom stereocenters. The van der Waals surface area contributed by atoms with Gasteiger partial charge in [0.2, 0.25) is 23.6 Å². The number of hydrogen-bond acceptors (Lipinski definition) is 13. The van der Waals surface area contributed by atoms with Crippen LogP contribution in [0.3, 0.4) is 0 Å². The van der Waals surface area contributed by atoms with Crippen LogP contribution in [0.1, 0.15) is 52.9 Å². The Labute approximate surface area is 279 Å². The summed E-state index contributed by atoms with van der Waals surface area (Å²) in [4.78, 5) is 64.0. The van der Waals surface area contributed by atoms with Gasteiger partial charge < -0.3 is 67.6 Å². The number of amides is 4. The fourth-order valence-corrected chi connectivity index (χ4v) is 4.84. The van der Waals surface area contributed by atoms with Crippen LogP contribution in [0.15, 0.2) is 0 Å². The van der Waals surface area contributed by atoms with Gasteiger partial charge in [-0.05, 0) is 32.6 Å². The first kappa shape index (κ1) is 43.7. The van der Waals surface area contributed by atoms with Gasteiger partial charge in [-0.3, -0.25) is 24.6 Å². The van der Waals surface area contributed by atoms with Gasteiger partial charge in [-0.25, -0.2) is 4.79 Å². The summed E-state index contributed by atoms with van der Waals surface area (Å²) in [5.74, 6) is -3.82. The molecule has 1 aliphatic rings. The van der Waals surface area contributed by atoms with Crippen LogP contribution in [-0.4, -0.2) is 137 Å². The minimum Gasteiger partial charge on any atom is -0.467 e. The largest absolute Gasteiger partial charge is 0.467 e. The molecule has 0 saturated carbocycles. The second kappa shape index (κ2) is 21.5. The Bertz CT molecular complexity index is 1060. The summed E-state index contributed by atoms with van der Waals surface area (Å²) in [7, 11) is 1.13. The van der Waals surface area contributed by atoms with Gasteiger partial charge in [0.05, 0.1) is 25.9 Å². The molecular formula is C27H51ClN8O11. The third-order valence-corrected chi connectivity index (χ3v) is 7.31. The number of guanidine groups is 1. The number of carbonyl (C=O) groups is 5. The van der Waals surface area contributed by atoms with Crippen molar-refractivity contribution in [1.82, 2.24) is 20.9 Å². The topological polar surface area (TPSA) is 315 Å². The summed E-state index contributed by atoms with van der Waals surface area (Å²) in [6, 6.07) is -4.59. The van der Waals surface area contributed by atoms with E-state index in [0.29, 0.717) is 6.42 Å². The standard InChI is InChI=1S/C27H50N8O11.ClH/c1-5-15(28)24(41)34-16(23(29)40)8-9-19(38)35(17(25(42)44-4)7-6-10-32-27(30)31)11-13(2)45-22-20(33-14(3)37)26(43)46-18(12-36)21(22)39;/h13,15-18,20-22,26,36,39,43H,5-12,28H2,1-4H3,(H2,29,40)(H,33,37)(H,34,41)(H4,30,31,32);1H/t13?,15?,16-,17+,18-,20-,21-,22-,26+;/m1./s1. The molecule has 13 N–H and O–H groups in total. The molecule has 1 rings (SSSR count). The molecule has 1 heterocycles. The molecule has 1 fully saturated rings. The molecule has 1 aliphatic heterocycles. The average Bonchev–Trinajstić information content (AvgIpc) is 2.99. The third-order valence-electron chi connectivity index (χ3n) is 7.31. The Balaban J connectivity index is 0.0000212. The van der Waals surface area contributed by atoms with Crippen molar-refractivity contribution in [3.05, 3.63) is 0 Å². The highest BCUT2D eigenvalue weighted by Crippen LogP contribution is 2.25. The van der Waals surface area contributed by atoms with Gasteiger partial charge in [-0.15, -0.1) is 12.4 Å². The third kappa shape index (κ3) is 14.1. The number of rotatable bonds is 19. The number of methoxy groups -OCH3 is 1. The molecule has 20 heteroatoms. The molecule has 4 amide bonds. The van der Waals surface area contributed by atoms with E-state index in [1.54, 1.807) is 6.92 Å². The van der Waals surface area contributed by atoms with Gasteiger partial charge >= 0.3 is 5.97 Å². The Kier molecular flexibility index (Phi) is 20.0. The number of nitrogens with two attached hydrogens (primary N) is 3. The van der Waals surface area contributed by atoms with Gasteiger partial charge in [-0.1, -0.05) is 6.92 Å². The van der Waals surface area contributed by atoms with Crippen molar-refractivity contribution >= 4 is 48.0 Å². The smallest absolute Gasteiger partial charge is 0.328 e. The number of esters is 1. The van der Waals surface area contributed by atoms with Gasteiger partial charge in [0.25, 0.3) is 0 Å². The molecule has 0 bridgehead atoms. The quantitative estimate of drug-likeness (QED) is 0.0265. The summed E-state index contributed by atoms with van der Waals surface area (Å²) in [5, 5.41) is 45.7. The molecule has 0 aromatic carbocycles. The Hall–Kier alpha value is -3.33. The number of ether oxygens (including phenoxy) is 3. The van der Waals surface area contributed by atoms with Crippen LogP contribution < -0.4 is 33.2 Å². The van der Waals surface area contributed by atoms with Crippen LogP contribution in [0.4, 0.5) is 0 Å². The molecule has 0 spiro atoms. The SMILES string of the molecule is CCC(N)C(=O)N[C@H](CCC(=O)N(CC(C)O[C@H]1[C@H](O)[C@@H](CO)O[C@H](O)[C@@H]1NC(C)=O)[C@@H](CCCNC(=N)N)C(=O)OC)C(N)=O.Cl. The second-order valence-corrected chi connectivity index (χ2v) is 11.0. The van der Waals surface area contributed by atoms with E-state index in [9.17, 15) is 39.3 Å². The molecule has 272 valence electrons. The van der Waals surface area contributed by atoms with E-state index in [1.807, 2.05) is 0 Å². The van der Waals surface area contributed by atoms with E-state index >= 15 is 0 Å². The van der Waals surface area contributed by atoms with E-state index in [0.717, 1.165) is 12.0 Å². The first-order chi connectivity index (χ1) is 21.6. The summed E-state index contributed by atoms with van der Waals surface area (Å²) in [5.41, 5.74) is 16.5. The van der Waals surface area contributed by atoms with Crippen molar-refractivity contribution in [1.29, 1.82) is 5.41 Å². The lowest BCUT2D eigenvalue weighted by Crippen LogP contribution is -2.65. The maximum atomic E-state index is 13.7. The maximum absolute atomic E-state index is 13.7. The molecule has 47 heavy (non-hydrogen) atoms. The number of nitrogens with zero attached hydrogens (tertiary/aromatic N) is 1. The maximum Gasteiger partial charge on any atom is 0.328 e. The highest BCUT2D eigenvalue weighted by atomic mass is 35.5. The van der Waals surface area contributed by atoms with Crippen LogP contribution in [0.2, 0.25) is 0 Å². The molecule has 0 aromatic rings. The summed E-state index contributed by atoms with van der Waals surface area (Å²) in [6.45, 7) is 3.59.